The highest BCUT2D eigenvalue weighted by atomic mass is 32.2. The van der Waals surface area contributed by atoms with Crippen LogP contribution in [0.25, 0.3) is 10.4 Å². The van der Waals surface area contributed by atoms with Gasteiger partial charge in [0.05, 0.1) is 9.82 Å². The molecule has 23 heavy (non-hydrogen) atoms. The van der Waals surface area contributed by atoms with Gasteiger partial charge in [-0.15, -0.1) is 0 Å². The van der Waals surface area contributed by atoms with E-state index < -0.39 is 14.9 Å². The molecule has 118 valence electrons. The Balaban J connectivity index is 2.09. The topological polar surface area (TPSA) is 138 Å². The summed E-state index contributed by atoms with van der Waals surface area (Å²) in [7, 11) is -4.00. The van der Waals surface area contributed by atoms with Crippen LogP contribution in [-0.4, -0.2) is 13.3 Å². The minimum atomic E-state index is -4.00. The first-order valence-corrected chi connectivity index (χ1v) is 7.75. The second-order valence-corrected chi connectivity index (χ2v) is 6.04. The molecule has 0 spiro atoms. The lowest BCUT2D eigenvalue weighted by atomic mass is 10.2. The second kappa shape index (κ2) is 6.77. The number of sulfonamides is 1. The van der Waals surface area contributed by atoms with Crippen LogP contribution in [0.4, 0.5) is 11.4 Å². The van der Waals surface area contributed by atoms with Gasteiger partial charge in [-0.05, 0) is 29.3 Å². The molecule has 0 fully saturated rings. The Labute approximate surface area is 131 Å². The van der Waals surface area contributed by atoms with Crippen LogP contribution in [0.3, 0.4) is 0 Å². The lowest BCUT2D eigenvalue weighted by Crippen LogP contribution is -2.01. The van der Waals surface area contributed by atoms with Crippen LogP contribution >= 0.6 is 0 Å². The highest BCUT2D eigenvalue weighted by Crippen LogP contribution is 2.18. The normalized spacial score (nSPS) is 10.6. The number of nitrogens with one attached hydrogen (secondary N) is 1. The lowest BCUT2D eigenvalue weighted by Gasteiger charge is -2.07. The Kier molecular flexibility index (Phi) is 4.79. The fourth-order valence-corrected chi connectivity index (χ4v) is 2.48. The monoisotopic (exact) mass is 333 g/mol. The molecule has 0 radical (unpaired) electrons. The fourth-order valence-electron chi connectivity index (χ4n) is 1.81. The molecule has 0 unspecified atom stereocenters. The second-order valence-electron chi connectivity index (χ2n) is 4.45. The summed E-state index contributed by atoms with van der Waals surface area (Å²) >= 11 is 0. The molecule has 0 atom stereocenters. The number of non-ortho nitro benzene ring substituents is 1. The summed E-state index contributed by atoms with van der Waals surface area (Å²) in [5, 5.41) is 13.7. The van der Waals surface area contributed by atoms with E-state index in [1.54, 1.807) is 24.3 Å². The summed E-state index contributed by atoms with van der Waals surface area (Å²) in [5.41, 5.74) is 9.52. The van der Waals surface area contributed by atoms with Gasteiger partial charge in [0.25, 0.3) is 15.7 Å². The van der Waals surface area contributed by atoms with Gasteiger partial charge in [-0.1, -0.05) is 18.2 Å². The molecular weight excluding hydrogens is 322 g/mol. The average molecular weight is 333 g/mol. The summed E-state index contributed by atoms with van der Waals surface area (Å²) in [6.07, 6.45) is 0. The third kappa shape index (κ3) is 4.19. The number of azide groups is 1. The number of nitrogens with zero attached hydrogens (tertiary/aromatic N) is 4. The number of hydrogen-bond acceptors (Lipinski definition) is 5. The maximum atomic E-state index is 11.5. The van der Waals surface area contributed by atoms with Gasteiger partial charge in [-0.25, -0.2) is 8.42 Å². The van der Waals surface area contributed by atoms with Crippen LogP contribution in [0.1, 0.15) is 5.56 Å². The maximum Gasteiger partial charge on any atom is 0.271 e. The number of rotatable bonds is 6. The first-order chi connectivity index (χ1) is 10.9. The molecule has 0 amide bonds. The van der Waals surface area contributed by atoms with E-state index in [4.69, 9.17) is 5.53 Å². The quantitative estimate of drug-likeness (QED) is 0.284. The first-order valence-electron chi connectivity index (χ1n) is 6.31. The molecular formula is C13H11N5O4S. The van der Waals surface area contributed by atoms with Crippen molar-refractivity contribution in [2.75, 3.05) is 5.32 Å². The molecule has 0 heterocycles. The number of benzene rings is 2. The Morgan fingerprint density at radius 3 is 2.52 bits per heavy atom. The van der Waals surface area contributed by atoms with Crippen molar-refractivity contribution in [1.29, 1.82) is 0 Å². The van der Waals surface area contributed by atoms with Gasteiger partial charge in [0.15, 0.2) is 0 Å². The van der Waals surface area contributed by atoms with Crippen LogP contribution in [0, 0.1) is 10.1 Å². The van der Waals surface area contributed by atoms with Crippen molar-refractivity contribution in [3.05, 3.63) is 74.7 Å². The summed E-state index contributed by atoms with van der Waals surface area (Å²) in [6.45, 7) is 0.350. The van der Waals surface area contributed by atoms with E-state index in [1.165, 1.54) is 24.3 Å². The zero-order valence-electron chi connectivity index (χ0n) is 11.7. The van der Waals surface area contributed by atoms with Gasteiger partial charge < -0.3 is 5.32 Å². The third-order valence-corrected chi connectivity index (χ3v) is 4.07. The molecule has 1 N–H and O–H groups in total. The molecule has 0 saturated carbocycles. The molecule has 2 aromatic rings. The van der Waals surface area contributed by atoms with Crippen LogP contribution < -0.4 is 5.32 Å². The molecule has 0 aromatic heterocycles. The highest BCUT2D eigenvalue weighted by Gasteiger charge is 2.11. The van der Waals surface area contributed by atoms with Crippen LogP contribution in [0.15, 0.2) is 57.9 Å². The van der Waals surface area contributed by atoms with Crippen LogP contribution in [0.5, 0.6) is 0 Å². The van der Waals surface area contributed by atoms with Crippen molar-refractivity contribution in [3.63, 3.8) is 0 Å². The van der Waals surface area contributed by atoms with E-state index in [9.17, 15) is 18.5 Å². The third-order valence-electron chi connectivity index (χ3n) is 2.92. The number of anilines is 1. The minimum absolute atomic E-state index is 0.0224. The predicted molar refractivity (Wildman–Crippen MR) is 83.2 cm³/mol. The first kappa shape index (κ1) is 16.3. The maximum absolute atomic E-state index is 11.5. The van der Waals surface area contributed by atoms with Crippen molar-refractivity contribution >= 4 is 21.4 Å². The van der Waals surface area contributed by atoms with E-state index in [0.29, 0.717) is 12.2 Å². The van der Waals surface area contributed by atoms with E-state index >= 15 is 0 Å². The Morgan fingerprint density at radius 2 is 1.91 bits per heavy atom. The average Bonchev–Trinajstić information content (AvgIpc) is 2.53. The summed E-state index contributed by atoms with van der Waals surface area (Å²) in [4.78, 5) is 12.4. The molecule has 2 rings (SSSR count). The van der Waals surface area contributed by atoms with Crippen molar-refractivity contribution in [2.24, 2.45) is 4.52 Å². The lowest BCUT2D eigenvalue weighted by molar-refractivity contribution is -0.384. The van der Waals surface area contributed by atoms with Crippen molar-refractivity contribution < 1.29 is 13.3 Å². The van der Waals surface area contributed by atoms with Gasteiger partial charge >= 0.3 is 0 Å². The van der Waals surface area contributed by atoms with E-state index in [-0.39, 0.29) is 10.6 Å². The van der Waals surface area contributed by atoms with Gasteiger partial charge in [0.1, 0.15) is 0 Å². The van der Waals surface area contributed by atoms with E-state index in [1.807, 2.05) is 0 Å². The summed E-state index contributed by atoms with van der Waals surface area (Å²) < 4.78 is 25.8. The molecule has 10 heteroatoms. The zero-order chi connectivity index (χ0) is 16.9. The zero-order valence-corrected chi connectivity index (χ0v) is 12.5. The smallest absolute Gasteiger partial charge is 0.271 e. The summed E-state index contributed by atoms with van der Waals surface area (Å²) in [5.74, 6) is 0. The van der Waals surface area contributed by atoms with Gasteiger partial charge in [0, 0.05) is 33.8 Å². The molecule has 0 aliphatic heterocycles. The minimum Gasteiger partial charge on any atom is -0.381 e. The number of nitro benzene ring substituents is 1. The van der Waals surface area contributed by atoms with Gasteiger partial charge in [-0.3, -0.25) is 10.1 Å². The van der Waals surface area contributed by atoms with Crippen molar-refractivity contribution in [2.45, 2.75) is 11.4 Å². The molecule has 0 saturated heterocycles. The molecule has 0 aliphatic carbocycles. The number of nitro groups is 1. The van der Waals surface area contributed by atoms with Gasteiger partial charge in [-0.2, -0.15) is 0 Å². The van der Waals surface area contributed by atoms with Crippen LogP contribution in [0.2, 0.25) is 0 Å². The largest absolute Gasteiger partial charge is 0.381 e. The molecule has 2 aromatic carbocycles. The van der Waals surface area contributed by atoms with E-state index in [0.717, 1.165) is 5.56 Å². The fraction of sp³-hybridized carbons (Fsp3) is 0.0769. The number of hydrogen-bond donors (Lipinski definition) is 1. The SMILES string of the molecule is [N-]=[N+]=NS(=O)(=O)c1ccc(CNc2cccc([N+](=O)[O-])c2)cc1. The summed E-state index contributed by atoms with van der Waals surface area (Å²) in [6, 6.07) is 11.8. The highest BCUT2D eigenvalue weighted by molar-refractivity contribution is 7.90. The van der Waals surface area contributed by atoms with Crippen LogP contribution in [-0.2, 0) is 16.6 Å². The Morgan fingerprint density at radius 1 is 1.22 bits per heavy atom. The predicted octanol–water partition coefficient (Wildman–Crippen LogP) is 3.21. The Bertz CT molecular complexity index is 873. The molecule has 0 bridgehead atoms. The Hall–Kier alpha value is -3.10. The van der Waals surface area contributed by atoms with Gasteiger partial charge in [0.2, 0.25) is 0 Å². The molecule has 9 nitrogen and oxygen atoms in total. The van der Waals surface area contributed by atoms with Crippen molar-refractivity contribution in [3.8, 4) is 0 Å². The standard InChI is InChI=1S/C13H11N5O4S/c14-16-17-23(21,22)13-6-4-10(5-7-13)9-15-11-2-1-3-12(8-11)18(19)20/h1-8,15H,9H2. The van der Waals surface area contributed by atoms with E-state index in [2.05, 4.69) is 14.7 Å². The van der Waals surface area contributed by atoms with Crippen molar-refractivity contribution in [1.82, 2.24) is 0 Å². The molecule has 0 aliphatic rings.